The maximum atomic E-state index is 13.1. The zero-order valence-electron chi connectivity index (χ0n) is 15.4. The predicted molar refractivity (Wildman–Crippen MR) is 108 cm³/mol. The third-order valence-electron chi connectivity index (χ3n) is 4.27. The first-order valence-electron chi connectivity index (χ1n) is 8.95. The van der Waals surface area contributed by atoms with E-state index in [2.05, 4.69) is 20.4 Å². The van der Waals surface area contributed by atoms with Crippen LogP contribution in [0.5, 0.6) is 0 Å². The fraction of sp³-hybridized carbons (Fsp3) is 0.0455. The first-order chi connectivity index (χ1) is 14.2. The van der Waals surface area contributed by atoms with Crippen molar-refractivity contribution in [1.29, 1.82) is 5.26 Å². The fourth-order valence-electron chi connectivity index (χ4n) is 2.81. The van der Waals surface area contributed by atoms with Crippen LogP contribution in [-0.4, -0.2) is 25.7 Å². The lowest BCUT2D eigenvalue weighted by Gasteiger charge is -2.07. The summed E-state index contributed by atoms with van der Waals surface area (Å²) in [6.45, 7) is 0.487. The monoisotopic (exact) mass is 380 g/mol. The van der Waals surface area contributed by atoms with Crippen molar-refractivity contribution in [1.82, 2.24) is 19.7 Å². The van der Waals surface area contributed by atoms with Gasteiger partial charge in [-0.05, 0) is 35.9 Å². The summed E-state index contributed by atoms with van der Waals surface area (Å²) in [5.74, 6) is 0.367. The Balaban J connectivity index is 1.71. The van der Waals surface area contributed by atoms with Crippen molar-refractivity contribution in [2.24, 2.45) is 0 Å². The number of carbonyl (C=O) groups is 1. The van der Waals surface area contributed by atoms with Gasteiger partial charge in [0, 0.05) is 30.1 Å². The van der Waals surface area contributed by atoms with Gasteiger partial charge in [0.2, 0.25) is 5.95 Å². The van der Waals surface area contributed by atoms with Crippen LogP contribution in [0.15, 0.2) is 79.1 Å². The number of nitrogens with one attached hydrogen (secondary N) is 1. The number of aromatic nitrogens is 4. The van der Waals surface area contributed by atoms with Gasteiger partial charge in [-0.25, -0.2) is 0 Å². The molecular weight excluding hydrogens is 364 g/mol. The molecule has 4 rings (SSSR count). The Hall–Kier alpha value is -4.31. The third-order valence-corrected chi connectivity index (χ3v) is 4.27. The normalized spacial score (nSPS) is 10.3. The van der Waals surface area contributed by atoms with Gasteiger partial charge in [-0.2, -0.15) is 14.9 Å². The molecule has 2 aromatic heterocycles. The molecule has 0 saturated heterocycles. The molecule has 0 amide bonds. The summed E-state index contributed by atoms with van der Waals surface area (Å²) >= 11 is 0. The van der Waals surface area contributed by atoms with Crippen LogP contribution in [0, 0.1) is 11.3 Å². The summed E-state index contributed by atoms with van der Waals surface area (Å²) in [7, 11) is 0. The molecule has 140 valence electrons. The second-order valence-electron chi connectivity index (χ2n) is 6.24. The van der Waals surface area contributed by atoms with Crippen molar-refractivity contribution in [3.63, 3.8) is 0 Å². The van der Waals surface area contributed by atoms with Crippen LogP contribution in [0.4, 0.5) is 5.95 Å². The summed E-state index contributed by atoms with van der Waals surface area (Å²) in [4.78, 5) is 21.6. The molecule has 0 unspecified atom stereocenters. The van der Waals surface area contributed by atoms with Crippen molar-refractivity contribution in [3.8, 4) is 17.5 Å². The van der Waals surface area contributed by atoms with Gasteiger partial charge < -0.3 is 5.32 Å². The topological polar surface area (TPSA) is 96.5 Å². The minimum Gasteiger partial charge on any atom is -0.350 e. The molecule has 0 aliphatic heterocycles. The minimum atomic E-state index is -0.370. The Morgan fingerprint density at radius 3 is 2.59 bits per heavy atom. The number of hydrogen-bond donors (Lipinski definition) is 1. The smallest absolute Gasteiger partial charge is 0.281 e. The fourth-order valence-corrected chi connectivity index (χ4v) is 2.81. The number of rotatable bonds is 5. The van der Waals surface area contributed by atoms with Crippen molar-refractivity contribution in [2.75, 3.05) is 5.32 Å². The van der Waals surface area contributed by atoms with E-state index >= 15 is 0 Å². The summed E-state index contributed by atoms with van der Waals surface area (Å²) in [6, 6.07) is 21.9. The molecule has 0 aliphatic rings. The molecule has 0 spiro atoms. The summed E-state index contributed by atoms with van der Waals surface area (Å²) < 4.78 is 1.23. The SMILES string of the molecule is N#Cc1cccc(C(=O)n2nc(-c3ccncc3)nc2NCc2ccccc2)c1. The predicted octanol–water partition coefficient (Wildman–Crippen LogP) is 3.51. The highest BCUT2D eigenvalue weighted by Crippen LogP contribution is 2.19. The Morgan fingerprint density at radius 2 is 1.83 bits per heavy atom. The quantitative estimate of drug-likeness (QED) is 0.569. The van der Waals surface area contributed by atoms with Gasteiger partial charge in [-0.1, -0.05) is 36.4 Å². The van der Waals surface area contributed by atoms with Crippen molar-refractivity contribution < 1.29 is 4.79 Å². The number of hydrogen-bond acceptors (Lipinski definition) is 6. The van der Waals surface area contributed by atoms with E-state index in [4.69, 9.17) is 5.26 Å². The van der Waals surface area contributed by atoms with Gasteiger partial charge in [0.15, 0.2) is 5.82 Å². The molecule has 0 radical (unpaired) electrons. The van der Waals surface area contributed by atoms with E-state index < -0.39 is 0 Å². The molecule has 0 atom stereocenters. The number of nitriles is 1. The van der Waals surface area contributed by atoms with E-state index in [1.165, 1.54) is 10.7 Å². The van der Waals surface area contributed by atoms with Crippen LogP contribution in [0.2, 0.25) is 0 Å². The third kappa shape index (κ3) is 4.01. The number of carbonyl (C=O) groups excluding carboxylic acids is 1. The molecule has 0 saturated carbocycles. The van der Waals surface area contributed by atoms with Gasteiger partial charge in [0.1, 0.15) is 0 Å². The van der Waals surface area contributed by atoms with Gasteiger partial charge in [0.05, 0.1) is 11.6 Å². The second-order valence-corrected chi connectivity index (χ2v) is 6.24. The highest BCUT2D eigenvalue weighted by atomic mass is 16.2. The van der Waals surface area contributed by atoms with Crippen LogP contribution in [-0.2, 0) is 6.54 Å². The second kappa shape index (κ2) is 8.15. The van der Waals surface area contributed by atoms with Crippen LogP contribution >= 0.6 is 0 Å². The largest absolute Gasteiger partial charge is 0.350 e. The molecule has 0 aliphatic carbocycles. The first-order valence-corrected chi connectivity index (χ1v) is 8.95. The molecule has 1 N–H and O–H groups in total. The van der Waals surface area contributed by atoms with E-state index in [1.807, 2.05) is 36.4 Å². The summed E-state index contributed by atoms with van der Waals surface area (Å²) in [5.41, 5.74) is 2.56. The Morgan fingerprint density at radius 1 is 1.03 bits per heavy atom. The molecule has 29 heavy (non-hydrogen) atoms. The average Bonchev–Trinajstić information content (AvgIpc) is 3.23. The highest BCUT2D eigenvalue weighted by Gasteiger charge is 2.19. The lowest BCUT2D eigenvalue weighted by atomic mass is 10.1. The van der Waals surface area contributed by atoms with Crippen molar-refractivity contribution in [3.05, 3.63) is 95.8 Å². The number of benzene rings is 2. The highest BCUT2D eigenvalue weighted by molar-refractivity contribution is 5.97. The van der Waals surface area contributed by atoms with Crippen molar-refractivity contribution >= 4 is 11.9 Å². The molecule has 4 aromatic rings. The van der Waals surface area contributed by atoms with Crippen LogP contribution in [0.25, 0.3) is 11.4 Å². The van der Waals surface area contributed by atoms with Crippen LogP contribution < -0.4 is 5.32 Å². The van der Waals surface area contributed by atoms with Gasteiger partial charge >= 0.3 is 0 Å². The molecular formula is C22H16N6O. The molecule has 0 bridgehead atoms. The molecule has 2 aromatic carbocycles. The lowest BCUT2D eigenvalue weighted by molar-refractivity contribution is 0.0947. The van der Waals surface area contributed by atoms with Gasteiger partial charge in [-0.15, -0.1) is 5.10 Å². The zero-order chi connectivity index (χ0) is 20.1. The van der Waals surface area contributed by atoms with E-state index in [9.17, 15) is 4.79 Å². The maximum absolute atomic E-state index is 13.1. The van der Waals surface area contributed by atoms with Gasteiger partial charge in [-0.3, -0.25) is 9.78 Å². The molecule has 2 heterocycles. The van der Waals surface area contributed by atoms with Crippen LogP contribution in [0.3, 0.4) is 0 Å². The molecule has 0 fully saturated rings. The van der Waals surface area contributed by atoms with Crippen LogP contribution in [0.1, 0.15) is 21.5 Å². The number of nitrogens with zero attached hydrogens (tertiary/aromatic N) is 5. The van der Waals surface area contributed by atoms with E-state index in [1.54, 1.807) is 42.7 Å². The Labute approximate surface area is 167 Å². The minimum absolute atomic E-state index is 0.327. The van der Waals surface area contributed by atoms with Crippen molar-refractivity contribution in [2.45, 2.75) is 6.54 Å². The Bertz CT molecular complexity index is 1180. The standard InChI is InChI=1S/C22H16N6O/c23-14-17-7-4-8-19(13-17)21(29)28-22(25-15-16-5-2-1-3-6-16)26-20(27-28)18-9-11-24-12-10-18/h1-13H,15H2,(H,25,26,27). The first kappa shape index (κ1) is 18.1. The number of pyridine rings is 1. The Kier molecular flexibility index (Phi) is 5.08. The van der Waals surface area contributed by atoms with E-state index in [0.717, 1.165) is 11.1 Å². The maximum Gasteiger partial charge on any atom is 0.281 e. The van der Waals surface area contributed by atoms with E-state index in [-0.39, 0.29) is 5.91 Å². The summed E-state index contributed by atoms with van der Waals surface area (Å²) in [6.07, 6.45) is 3.29. The zero-order valence-corrected chi connectivity index (χ0v) is 15.4. The summed E-state index contributed by atoms with van der Waals surface area (Å²) in [5, 5.41) is 16.7. The molecule has 7 heteroatoms. The lowest BCUT2D eigenvalue weighted by Crippen LogP contribution is -2.17. The molecule has 7 nitrogen and oxygen atoms in total. The van der Waals surface area contributed by atoms with Gasteiger partial charge in [0.25, 0.3) is 5.91 Å². The number of anilines is 1. The van der Waals surface area contributed by atoms with E-state index in [0.29, 0.717) is 29.4 Å². The average molecular weight is 380 g/mol.